The van der Waals surface area contributed by atoms with Crippen molar-refractivity contribution in [3.8, 4) is 6.07 Å². The van der Waals surface area contributed by atoms with E-state index >= 15 is 0 Å². The fourth-order valence-electron chi connectivity index (χ4n) is 2.81. The first-order chi connectivity index (χ1) is 14.1. The molecule has 0 aliphatic heterocycles. The standard InChI is InChI=1S/C22H18N4O3/c23-14-16-9-11-19(12-10-16)25-21(18-7-4-8-20(13-18)26(28)29)22(27)24-15-17-5-2-1-3-6-17/h1-13,21,25H,15H2,(H,24,27)/t21-/m0/s1. The molecule has 1 atom stereocenters. The lowest BCUT2D eigenvalue weighted by molar-refractivity contribution is -0.384. The molecule has 0 saturated carbocycles. The zero-order valence-corrected chi connectivity index (χ0v) is 15.4. The molecule has 0 heterocycles. The van der Waals surface area contributed by atoms with E-state index in [9.17, 15) is 14.9 Å². The molecule has 7 nitrogen and oxygen atoms in total. The summed E-state index contributed by atoms with van der Waals surface area (Å²) >= 11 is 0. The molecule has 0 aliphatic rings. The molecule has 144 valence electrons. The van der Waals surface area contributed by atoms with Gasteiger partial charge in [0, 0.05) is 24.4 Å². The van der Waals surface area contributed by atoms with Gasteiger partial charge in [-0.2, -0.15) is 5.26 Å². The van der Waals surface area contributed by atoms with Crippen molar-refractivity contribution in [2.45, 2.75) is 12.6 Å². The quantitative estimate of drug-likeness (QED) is 0.472. The monoisotopic (exact) mass is 386 g/mol. The van der Waals surface area contributed by atoms with Crippen molar-refractivity contribution in [1.29, 1.82) is 5.26 Å². The molecular formula is C22H18N4O3. The van der Waals surface area contributed by atoms with Gasteiger partial charge in [-0.3, -0.25) is 14.9 Å². The number of nitro groups is 1. The van der Waals surface area contributed by atoms with E-state index in [1.807, 2.05) is 36.4 Å². The number of carbonyl (C=O) groups excluding carboxylic acids is 1. The molecule has 0 aliphatic carbocycles. The second-order valence-corrected chi connectivity index (χ2v) is 6.32. The van der Waals surface area contributed by atoms with Gasteiger partial charge >= 0.3 is 0 Å². The molecule has 1 amide bonds. The van der Waals surface area contributed by atoms with Crippen LogP contribution in [0.15, 0.2) is 78.9 Å². The van der Waals surface area contributed by atoms with Crippen molar-refractivity contribution in [2.75, 3.05) is 5.32 Å². The van der Waals surface area contributed by atoms with Crippen molar-refractivity contribution in [2.24, 2.45) is 0 Å². The number of nitrogens with one attached hydrogen (secondary N) is 2. The van der Waals surface area contributed by atoms with Gasteiger partial charge in [0.25, 0.3) is 5.69 Å². The van der Waals surface area contributed by atoms with Crippen LogP contribution in [0.1, 0.15) is 22.7 Å². The number of non-ortho nitro benzene ring substituents is 1. The van der Waals surface area contributed by atoms with E-state index in [1.54, 1.807) is 36.4 Å². The predicted molar refractivity (Wildman–Crippen MR) is 109 cm³/mol. The highest BCUT2D eigenvalue weighted by Gasteiger charge is 2.22. The molecule has 3 rings (SSSR count). The minimum atomic E-state index is -0.841. The number of benzene rings is 3. The van der Waals surface area contributed by atoms with Crippen LogP contribution in [0.25, 0.3) is 0 Å². The van der Waals surface area contributed by atoms with Crippen molar-refractivity contribution >= 4 is 17.3 Å². The van der Waals surface area contributed by atoms with Crippen LogP contribution in [-0.4, -0.2) is 10.8 Å². The lowest BCUT2D eigenvalue weighted by Gasteiger charge is -2.20. The number of amides is 1. The Morgan fingerprint density at radius 3 is 2.41 bits per heavy atom. The summed E-state index contributed by atoms with van der Waals surface area (Å²) < 4.78 is 0. The Hall–Kier alpha value is -4.18. The van der Waals surface area contributed by atoms with E-state index in [0.29, 0.717) is 23.4 Å². The summed E-state index contributed by atoms with van der Waals surface area (Å²) in [5, 5.41) is 26.0. The van der Waals surface area contributed by atoms with Crippen LogP contribution < -0.4 is 10.6 Å². The van der Waals surface area contributed by atoms with Crippen molar-refractivity contribution in [3.63, 3.8) is 0 Å². The number of nitro benzene ring substituents is 1. The summed E-state index contributed by atoms with van der Waals surface area (Å²) in [6.07, 6.45) is 0. The first-order valence-corrected chi connectivity index (χ1v) is 8.89. The van der Waals surface area contributed by atoms with Crippen molar-refractivity contribution in [1.82, 2.24) is 5.32 Å². The Kier molecular flexibility index (Phi) is 6.18. The van der Waals surface area contributed by atoms with Gasteiger partial charge in [-0.15, -0.1) is 0 Å². The Balaban J connectivity index is 1.85. The van der Waals surface area contributed by atoms with E-state index in [4.69, 9.17) is 5.26 Å². The van der Waals surface area contributed by atoms with Crippen LogP contribution in [-0.2, 0) is 11.3 Å². The summed E-state index contributed by atoms with van der Waals surface area (Å²) in [6.45, 7) is 0.333. The zero-order chi connectivity index (χ0) is 20.6. The summed E-state index contributed by atoms with van der Waals surface area (Å²) in [6, 6.07) is 23.3. The van der Waals surface area contributed by atoms with E-state index in [2.05, 4.69) is 10.6 Å². The first-order valence-electron chi connectivity index (χ1n) is 8.89. The van der Waals surface area contributed by atoms with Crippen LogP contribution in [0.5, 0.6) is 0 Å². The Morgan fingerprint density at radius 2 is 1.76 bits per heavy atom. The summed E-state index contributed by atoms with van der Waals surface area (Å²) in [7, 11) is 0. The Labute approximate surface area is 167 Å². The van der Waals surface area contributed by atoms with Gasteiger partial charge in [0.05, 0.1) is 16.6 Å². The molecule has 0 spiro atoms. The van der Waals surface area contributed by atoms with Gasteiger partial charge in [0.1, 0.15) is 6.04 Å². The number of hydrogen-bond acceptors (Lipinski definition) is 5. The fourth-order valence-corrected chi connectivity index (χ4v) is 2.81. The van der Waals surface area contributed by atoms with E-state index in [-0.39, 0.29) is 11.6 Å². The number of rotatable bonds is 7. The highest BCUT2D eigenvalue weighted by Crippen LogP contribution is 2.24. The third-order valence-corrected chi connectivity index (χ3v) is 4.31. The van der Waals surface area contributed by atoms with Crippen molar-refractivity contribution in [3.05, 3.63) is 106 Å². The molecule has 0 saturated heterocycles. The number of carbonyl (C=O) groups is 1. The maximum Gasteiger partial charge on any atom is 0.269 e. The van der Waals surface area contributed by atoms with Gasteiger partial charge in [-0.05, 0) is 35.4 Å². The lowest BCUT2D eigenvalue weighted by Crippen LogP contribution is -2.33. The molecule has 29 heavy (non-hydrogen) atoms. The molecule has 0 bridgehead atoms. The van der Waals surface area contributed by atoms with Gasteiger partial charge in [-0.25, -0.2) is 0 Å². The van der Waals surface area contributed by atoms with Crippen LogP contribution in [0.2, 0.25) is 0 Å². The van der Waals surface area contributed by atoms with Gasteiger partial charge in [0.15, 0.2) is 0 Å². The highest BCUT2D eigenvalue weighted by molar-refractivity contribution is 5.86. The largest absolute Gasteiger partial charge is 0.370 e. The van der Waals surface area contributed by atoms with Gasteiger partial charge in [0.2, 0.25) is 5.91 Å². The van der Waals surface area contributed by atoms with Crippen molar-refractivity contribution < 1.29 is 9.72 Å². The summed E-state index contributed by atoms with van der Waals surface area (Å²) in [4.78, 5) is 23.6. The van der Waals surface area contributed by atoms with Crippen LogP contribution in [0, 0.1) is 21.4 Å². The topological polar surface area (TPSA) is 108 Å². The molecule has 0 fully saturated rings. The zero-order valence-electron chi connectivity index (χ0n) is 15.4. The third kappa shape index (κ3) is 5.17. The molecule has 0 aromatic heterocycles. The van der Waals surface area contributed by atoms with Crippen LogP contribution in [0.4, 0.5) is 11.4 Å². The van der Waals surface area contributed by atoms with E-state index in [1.165, 1.54) is 12.1 Å². The second-order valence-electron chi connectivity index (χ2n) is 6.32. The van der Waals surface area contributed by atoms with Gasteiger partial charge < -0.3 is 10.6 Å². The number of anilines is 1. The summed E-state index contributed by atoms with van der Waals surface area (Å²) in [5.74, 6) is -0.321. The van der Waals surface area contributed by atoms with E-state index < -0.39 is 11.0 Å². The van der Waals surface area contributed by atoms with Gasteiger partial charge in [-0.1, -0.05) is 42.5 Å². The fraction of sp³-hybridized carbons (Fsp3) is 0.0909. The number of nitrogens with zero attached hydrogens (tertiary/aromatic N) is 2. The minimum absolute atomic E-state index is 0.0926. The average Bonchev–Trinajstić information content (AvgIpc) is 2.77. The first kappa shape index (κ1) is 19.6. The average molecular weight is 386 g/mol. The van der Waals surface area contributed by atoms with E-state index in [0.717, 1.165) is 5.56 Å². The maximum absolute atomic E-state index is 12.9. The molecule has 0 radical (unpaired) electrons. The number of hydrogen-bond donors (Lipinski definition) is 2. The molecule has 2 N–H and O–H groups in total. The SMILES string of the molecule is N#Cc1ccc(N[C@H](C(=O)NCc2ccccc2)c2cccc([N+](=O)[O-])c2)cc1. The van der Waals surface area contributed by atoms with Crippen LogP contribution >= 0.6 is 0 Å². The second kappa shape index (κ2) is 9.15. The maximum atomic E-state index is 12.9. The molecule has 3 aromatic rings. The molecule has 7 heteroatoms. The Bertz CT molecular complexity index is 1040. The summed E-state index contributed by atoms with van der Waals surface area (Å²) in [5.41, 5.74) is 2.43. The molecule has 3 aromatic carbocycles. The molecular weight excluding hydrogens is 368 g/mol. The third-order valence-electron chi connectivity index (χ3n) is 4.31. The normalized spacial score (nSPS) is 11.1. The predicted octanol–water partition coefficient (Wildman–Crippen LogP) is 3.94. The minimum Gasteiger partial charge on any atom is -0.370 e. The number of nitriles is 1. The molecule has 0 unspecified atom stereocenters. The lowest BCUT2D eigenvalue weighted by atomic mass is 10.0. The highest BCUT2D eigenvalue weighted by atomic mass is 16.6. The Morgan fingerprint density at radius 1 is 1.03 bits per heavy atom. The van der Waals surface area contributed by atoms with Crippen LogP contribution in [0.3, 0.4) is 0 Å². The smallest absolute Gasteiger partial charge is 0.269 e.